The molecule has 116 valence electrons. The molecule has 1 fully saturated rings. The number of rotatable bonds is 4. The van der Waals surface area contributed by atoms with Gasteiger partial charge in [-0.25, -0.2) is 0 Å². The van der Waals surface area contributed by atoms with Gasteiger partial charge in [-0.15, -0.1) is 0 Å². The second-order valence-corrected chi connectivity index (χ2v) is 5.51. The van der Waals surface area contributed by atoms with Gasteiger partial charge in [0.1, 0.15) is 0 Å². The van der Waals surface area contributed by atoms with Crippen LogP contribution in [0, 0.1) is 0 Å². The maximum Gasteiger partial charge on any atom is 0.237 e. The number of carbonyl (C=O) groups excluding carboxylic acids is 2. The molecule has 2 aromatic rings. The summed E-state index contributed by atoms with van der Waals surface area (Å²) >= 11 is 0. The molecule has 3 rings (SSSR count). The average Bonchev–Trinajstić information content (AvgIpc) is 3.00. The van der Waals surface area contributed by atoms with Crippen LogP contribution in [-0.2, 0) is 16.1 Å². The first-order valence-corrected chi connectivity index (χ1v) is 7.46. The molecule has 1 aliphatic heterocycles. The van der Waals surface area contributed by atoms with E-state index in [2.05, 4.69) is 32.7 Å². The van der Waals surface area contributed by atoms with E-state index < -0.39 is 6.04 Å². The molecular formula is C16H20N4O2. The largest absolute Gasteiger partial charge is 0.361 e. The van der Waals surface area contributed by atoms with Gasteiger partial charge in [0.2, 0.25) is 11.8 Å². The lowest BCUT2D eigenvalue weighted by Gasteiger charge is -2.34. The lowest BCUT2D eigenvalue weighted by Crippen LogP contribution is -2.56. The highest BCUT2D eigenvalue weighted by Gasteiger charge is 2.31. The quantitative estimate of drug-likeness (QED) is 0.774. The highest BCUT2D eigenvalue weighted by atomic mass is 16.2. The molecule has 2 heterocycles. The van der Waals surface area contributed by atoms with Crippen LogP contribution in [0.25, 0.3) is 10.9 Å². The Morgan fingerprint density at radius 2 is 2.27 bits per heavy atom. The van der Waals surface area contributed by atoms with Gasteiger partial charge in [0.05, 0.1) is 12.5 Å². The summed E-state index contributed by atoms with van der Waals surface area (Å²) in [7, 11) is 1.59. The Morgan fingerprint density at radius 3 is 3.09 bits per heavy atom. The third-order valence-corrected chi connectivity index (χ3v) is 4.15. The molecule has 0 aliphatic carbocycles. The first kappa shape index (κ1) is 14.6. The van der Waals surface area contributed by atoms with Crippen molar-refractivity contribution in [2.75, 3.05) is 20.1 Å². The van der Waals surface area contributed by atoms with Gasteiger partial charge in [0.15, 0.2) is 0 Å². The first-order valence-electron chi connectivity index (χ1n) is 7.46. The summed E-state index contributed by atoms with van der Waals surface area (Å²) in [6.45, 7) is 2.00. The van der Waals surface area contributed by atoms with Crippen molar-refractivity contribution < 1.29 is 9.59 Å². The predicted octanol–water partition coefficient (Wildman–Crippen LogP) is 0.604. The molecule has 1 aromatic heterocycles. The zero-order valence-corrected chi connectivity index (χ0v) is 12.6. The van der Waals surface area contributed by atoms with Crippen LogP contribution in [0.2, 0.25) is 0 Å². The number of amides is 2. The van der Waals surface area contributed by atoms with E-state index in [1.54, 1.807) is 7.05 Å². The van der Waals surface area contributed by atoms with Crippen molar-refractivity contribution in [1.29, 1.82) is 0 Å². The van der Waals surface area contributed by atoms with Crippen LogP contribution in [0.15, 0.2) is 30.5 Å². The van der Waals surface area contributed by atoms with E-state index in [1.165, 1.54) is 0 Å². The number of H-pyrrole nitrogens is 1. The van der Waals surface area contributed by atoms with Crippen molar-refractivity contribution in [3.8, 4) is 0 Å². The summed E-state index contributed by atoms with van der Waals surface area (Å²) in [6.07, 6.45) is 2.10. The summed E-state index contributed by atoms with van der Waals surface area (Å²) in [5, 5.41) is 6.59. The van der Waals surface area contributed by atoms with Crippen LogP contribution in [0.3, 0.4) is 0 Å². The van der Waals surface area contributed by atoms with Gasteiger partial charge in [-0.3, -0.25) is 14.5 Å². The van der Waals surface area contributed by atoms with Crippen molar-refractivity contribution in [1.82, 2.24) is 20.5 Å². The lowest BCUT2D eigenvalue weighted by atomic mass is 10.1. The second-order valence-electron chi connectivity index (χ2n) is 5.51. The number of carbonyl (C=O) groups is 2. The minimum atomic E-state index is -0.418. The van der Waals surface area contributed by atoms with E-state index in [0.717, 1.165) is 23.0 Å². The van der Waals surface area contributed by atoms with E-state index >= 15 is 0 Å². The second kappa shape index (κ2) is 6.19. The average molecular weight is 300 g/mol. The Labute approximate surface area is 128 Å². The maximum absolute atomic E-state index is 12.1. The van der Waals surface area contributed by atoms with Crippen LogP contribution in [0.1, 0.15) is 12.0 Å². The molecule has 1 aromatic carbocycles. The molecule has 2 amide bonds. The molecule has 1 aliphatic rings. The van der Waals surface area contributed by atoms with Gasteiger partial charge in [0.25, 0.3) is 0 Å². The summed E-state index contributed by atoms with van der Waals surface area (Å²) in [4.78, 5) is 29.1. The number of aromatic amines is 1. The Kier molecular flexibility index (Phi) is 4.11. The maximum atomic E-state index is 12.1. The molecule has 6 nitrogen and oxygen atoms in total. The third-order valence-electron chi connectivity index (χ3n) is 4.15. The minimum Gasteiger partial charge on any atom is -0.361 e. The molecule has 0 radical (unpaired) electrons. The van der Waals surface area contributed by atoms with Gasteiger partial charge in [-0.2, -0.15) is 0 Å². The van der Waals surface area contributed by atoms with Crippen LogP contribution in [-0.4, -0.2) is 47.9 Å². The molecule has 0 bridgehead atoms. The topological polar surface area (TPSA) is 77.2 Å². The number of aromatic nitrogens is 1. The Hall–Kier alpha value is -2.34. The van der Waals surface area contributed by atoms with E-state index in [1.807, 2.05) is 18.3 Å². The van der Waals surface area contributed by atoms with Crippen molar-refractivity contribution in [2.24, 2.45) is 0 Å². The van der Waals surface area contributed by atoms with E-state index in [-0.39, 0.29) is 18.2 Å². The monoisotopic (exact) mass is 300 g/mol. The van der Waals surface area contributed by atoms with Crippen molar-refractivity contribution in [3.63, 3.8) is 0 Å². The van der Waals surface area contributed by atoms with Gasteiger partial charge in [-0.05, 0) is 17.0 Å². The van der Waals surface area contributed by atoms with Gasteiger partial charge >= 0.3 is 0 Å². The number of benzene rings is 1. The fourth-order valence-electron chi connectivity index (χ4n) is 2.95. The summed E-state index contributed by atoms with van der Waals surface area (Å²) in [5.41, 5.74) is 2.23. The number of hydrogen-bond acceptors (Lipinski definition) is 3. The Morgan fingerprint density at radius 1 is 1.41 bits per heavy atom. The zero-order chi connectivity index (χ0) is 15.5. The highest BCUT2D eigenvalue weighted by molar-refractivity contribution is 5.89. The van der Waals surface area contributed by atoms with E-state index in [9.17, 15) is 9.59 Å². The van der Waals surface area contributed by atoms with Crippen molar-refractivity contribution >= 4 is 22.7 Å². The van der Waals surface area contributed by atoms with Gasteiger partial charge in [-0.1, -0.05) is 18.2 Å². The highest BCUT2D eigenvalue weighted by Crippen LogP contribution is 2.21. The standard InChI is InChI=1S/C16H20N4O2/c1-17-14(21)9-13-16(22)19-7-8-20(13)10-12-4-2-3-11-5-6-18-15(11)12/h2-6,13,18H,7-10H2,1H3,(H,17,21)(H,19,22). The fourth-order valence-corrected chi connectivity index (χ4v) is 2.95. The number of fused-ring (bicyclic) bond motifs is 1. The number of hydrogen-bond donors (Lipinski definition) is 3. The predicted molar refractivity (Wildman–Crippen MR) is 84.2 cm³/mol. The summed E-state index contributed by atoms with van der Waals surface area (Å²) in [5.74, 6) is -0.196. The molecule has 22 heavy (non-hydrogen) atoms. The third kappa shape index (κ3) is 2.82. The normalized spacial score (nSPS) is 19.1. The molecule has 0 saturated carbocycles. The number of nitrogens with zero attached hydrogens (tertiary/aromatic N) is 1. The van der Waals surface area contributed by atoms with Crippen LogP contribution < -0.4 is 10.6 Å². The van der Waals surface area contributed by atoms with Gasteiger partial charge in [0, 0.05) is 38.4 Å². The minimum absolute atomic E-state index is 0.0755. The zero-order valence-electron chi connectivity index (χ0n) is 12.6. The number of para-hydroxylation sites is 1. The Balaban J connectivity index is 1.83. The van der Waals surface area contributed by atoms with Crippen molar-refractivity contribution in [2.45, 2.75) is 19.0 Å². The van der Waals surface area contributed by atoms with Crippen LogP contribution >= 0.6 is 0 Å². The van der Waals surface area contributed by atoms with Crippen LogP contribution in [0.5, 0.6) is 0 Å². The molecule has 0 spiro atoms. The molecule has 6 heteroatoms. The lowest BCUT2D eigenvalue weighted by molar-refractivity contribution is -0.134. The smallest absolute Gasteiger partial charge is 0.237 e. The molecule has 3 N–H and O–H groups in total. The molecule has 1 saturated heterocycles. The SMILES string of the molecule is CNC(=O)CC1C(=O)NCCN1Cc1cccc2cc[nH]c12. The number of nitrogens with one attached hydrogen (secondary N) is 3. The first-order chi connectivity index (χ1) is 10.7. The molecular weight excluding hydrogens is 280 g/mol. The molecule has 1 atom stereocenters. The van der Waals surface area contributed by atoms with E-state index in [4.69, 9.17) is 0 Å². The summed E-state index contributed by atoms with van der Waals surface area (Å²) in [6, 6.07) is 7.74. The molecule has 1 unspecified atom stereocenters. The Bertz CT molecular complexity index is 694. The summed E-state index contributed by atoms with van der Waals surface area (Å²) < 4.78 is 0. The van der Waals surface area contributed by atoms with Crippen molar-refractivity contribution in [3.05, 3.63) is 36.0 Å². The van der Waals surface area contributed by atoms with E-state index in [0.29, 0.717) is 13.1 Å². The number of piperazine rings is 1. The fraction of sp³-hybridized carbons (Fsp3) is 0.375. The van der Waals surface area contributed by atoms with Gasteiger partial charge < -0.3 is 15.6 Å². The van der Waals surface area contributed by atoms with Crippen LogP contribution in [0.4, 0.5) is 0 Å².